The highest BCUT2D eigenvalue weighted by Gasteiger charge is 2.30. The number of anilines is 2. The van der Waals surface area contributed by atoms with Crippen molar-refractivity contribution < 1.29 is 24.2 Å². The van der Waals surface area contributed by atoms with E-state index >= 15 is 0 Å². The molecule has 3 N–H and O–H groups in total. The molecule has 1 unspecified atom stereocenters. The number of benzene rings is 2. The third-order valence-electron chi connectivity index (χ3n) is 6.06. The van der Waals surface area contributed by atoms with Gasteiger partial charge in [0, 0.05) is 29.3 Å². The number of carbonyl (C=O) groups is 3. The Labute approximate surface area is 200 Å². The molecule has 0 saturated heterocycles. The summed E-state index contributed by atoms with van der Waals surface area (Å²) in [6.07, 6.45) is 5.24. The Bertz CT molecular complexity index is 1030. The van der Waals surface area contributed by atoms with Gasteiger partial charge in [0.15, 0.2) is 0 Å². The number of para-hydroxylation sites is 1. The fourth-order valence-corrected chi connectivity index (χ4v) is 4.57. The molecule has 1 heterocycles. The van der Waals surface area contributed by atoms with Crippen molar-refractivity contribution in [2.24, 2.45) is 0 Å². The highest BCUT2D eigenvalue weighted by atomic mass is 16.5. The van der Waals surface area contributed by atoms with Gasteiger partial charge in [-0.1, -0.05) is 24.3 Å². The minimum absolute atomic E-state index is 0.0254. The molecule has 2 aromatic carbocycles. The molecule has 2 aromatic rings. The average Bonchev–Trinajstić information content (AvgIpc) is 3.28. The van der Waals surface area contributed by atoms with Crippen LogP contribution in [0.15, 0.2) is 36.4 Å². The van der Waals surface area contributed by atoms with Crippen LogP contribution in [0.1, 0.15) is 54.7 Å². The molecule has 0 bridgehead atoms. The van der Waals surface area contributed by atoms with E-state index < -0.39 is 0 Å². The number of ether oxygens (including phenoxy) is 1. The van der Waals surface area contributed by atoms with Crippen LogP contribution >= 0.6 is 0 Å². The lowest BCUT2D eigenvalue weighted by atomic mass is 9.83. The Balaban J connectivity index is 0.00000103. The molecule has 182 valence electrons. The van der Waals surface area contributed by atoms with Gasteiger partial charge in [0.05, 0.1) is 12.6 Å². The lowest BCUT2D eigenvalue weighted by molar-refractivity contribution is -0.123. The third-order valence-corrected chi connectivity index (χ3v) is 6.06. The monoisotopic (exact) mass is 467 g/mol. The number of rotatable bonds is 6. The van der Waals surface area contributed by atoms with Gasteiger partial charge in [-0.2, -0.15) is 0 Å². The zero-order valence-electron chi connectivity index (χ0n) is 20.0. The Morgan fingerprint density at radius 3 is 2.56 bits per heavy atom. The first-order valence-corrected chi connectivity index (χ1v) is 11.5. The van der Waals surface area contributed by atoms with Crippen molar-refractivity contribution in [1.82, 2.24) is 4.90 Å². The molecule has 8 heteroatoms. The number of hydrogen-bond donors (Lipinski definition) is 3. The first kappa shape index (κ1) is 25.2. The van der Waals surface area contributed by atoms with E-state index in [1.807, 2.05) is 50.2 Å². The number of hydrogen-bond acceptors (Lipinski definition) is 5. The predicted molar refractivity (Wildman–Crippen MR) is 131 cm³/mol. The molecular formula is C26H33N3O5. The van der Waals surface area contributed by atoms with E-state index in [9.17, 15) is 9.59 Å². The first-order valence-electron chi connectivity index (χ1n) is 11.5. The molecule has 1 fully saturated rings. The van der Waals surface area contributed by atoms with E-state index in [0.29, 0.717) is 13.0 Å². The van der Waals surface area contributed by atoms with Gasteiger partial charge in [-0.05, 0) is 70.0 Å². The maximum Gasteiger partial charge on any atom is 0.290 e. The molecule has 1 aliphatic heterocycles. The van der Waals surface area contributed by atoms with Crippen LogP contribution in [0, 0.1) is 6.92 Å². The second kappa shape index (κ2) is 11.7. The van der Waals surface area contributed by atoms with Gasteiger partial charge >= 0.3 is 0 Å². The van der Waals surface area contributed by atoms with Crippen LogP contribution in [0.5, 0.6) is 5.75 Å². The Kier molecular flexibility index (Phi) is 8.65. The largest absolute Gasteiger partial charge is 0.490 e. The Hall–Kier alpha value is -3.39. The summed E-state index contributed by atoms with van der Waals surface area (Å²) in [5, 5.41) is 12.8. The first-order chi connectivity index (χ1) is 16.3. The summed E-state index contributed by atoms with van der Waals surface area (Å²) >= 11 is 0. The van der Waals surface area contributed by atoms with Gasteiger partial charge in [-0.25, -0.2) is 0 Å². The van der Waals surface area contributed by atoms with Crippen molar-refractivity contribution in [3.8, 4) is 5.75 Å². The molecule has 0 aromatic heterocycles. The van der Waals surface area contributed by atoms with Crippen molar-refractivity contribution in [3.63, 3.8) is 0 Å². The highest BCUT2D eigenvalue weighted by Crippen LogP contribution is 2.43. The molecule has 1 saturated carbocycles. The number of nitrogens with one attached hydrogen (secondary N) is 2. The van der Waals surface area contributed by atoms with Crippen LogP contribution in [0.4, 0.5) is 11.4 Å². The van der Waals surface area contributed by atoms with Gasteiger partial charge in [-0.3, -0.25) is 14.4 Å². The van der Waals surface area contributed by atoms with Crippen molar-refractivity contribution in [3.05, 3.63) is 53.1 Å². The van der Waals surface area contributed by atoms with Crippen molar-refractivity contribution in [1.29, 1.82) is 0 Å². The smallest absolute Gasteiger partial charge is 0.290 e. The zero-order chi connectivity index (χ0) is 24.7. The molecule has 0 radical (unpaired) electrons. The number of amides is 2. The van der Waals surface area contributed by atoms with Crippen LogP contribution in [-0.2, 0) is 14.4 Å². The zero-order valence-corrected chi connectivity index (χ0v) is 20.0. The number of nitrogens with zero attached hydrogens (tertiary/aromatic N) is 1. The summed E-state index contributed by atoms with van der Waals surface area (Å²) in [5.41, 5.74) is 4.56. The van der Waals surface area contributed by atoms with Gasteiger partial charge in [0.2, 0.25) is 11.8 Å². The normalized spacial score (nSPS) is 17.3. The number of carboxylic acid groups (broad SMARTS) is 1. The van der Waals surface area contributed by atoms with Crippen molar-refractivity contribution in [2.75, 3.05) is 31.3 Å². The standard InChI is InChI=1S/C25H31N3O3.CH2O2/c1-16-12-20-19(18-10-6-7-11-23(18)31-17-8-4-5-9-17)13-24(29)27-22(20)14-21(16)26-25(30)15-28(2)3;2-1-3/h6-7,10-12,14,17,19H,4-5,8-9,13,15H2,1-3H3,(H,26,30)(H,27,29);1H,(H,2,3). The molecule has 2 amide bonds. The van der Waals surface area contributed by atoms with Crippen LogP contribution in [-0.4, -0.2) is 55.0 Å². The minimum atomic E-state index is -0.250. The van der Waals surface area contributed by atoms with E-state index in [1.165, 1.54) is 12.8 Å². The maximum absolute atomic E-state index is 12.6. The second-order valence-corrected chi connectivity index (χ2v) is 9.01. The van der Waals surface area contributed by atoms with Gasteiger partial charge in [0.25, 0.3) is 6.47 Å². The second-order valence-electron chi connectivity index (χ2n) is 9.01. The fraction of sp³-hybridized carbons (Fsp3) is 0.423. The number of carbonyl (C=O) groups excluding carboxylic acids is 2. The van der Waals surface area contributed by atoms with Crippen LogP contribution in [0.3, 0.4) is 0 Å². The van der Waals surface area contributed by atoms with Gasteiger partial charge < -0.3 is 25.4 Å². The van der Waals surface area contributed by atoms with E-state index in [2.05, 4.69) is 22.8 Å². The van der Waals surface area contributed by atoms with Crippen LogP contribution < -0.4 is 15.4 Å². The predicted octanol–water partition coefficient (Wildman–Crippen LogP) is 3.99. The van der Waals surface area contributed by atoms with Crippen molar-refractivity contribution in [2.45, 2.75) is 51.0 Å². The fourth-order valence-electron chi connectivity index (χ4n) is 4.57. The van der Waals surface area contributed by atoms with Gasteiger partial charge in [0.1, 0.15) is 5.75 Å². The average molecular weight is 468 g/mol. The Morgan fingerprint density at radius 2 is 1.88 bits per heavy atom. The third kappa shape index (κ3) is 6.35. The quantitative estimate of drug-likeness (QED) is 0.555. The minimum Gasteiger partial charge on any atom is -0.490 e. The molecule has 1 atom stereocenters. The Morgan fingerprint density at radius 1 is 1.21 bits per heavy atom. The molecular weight excluding hydrogens is 434 g/mol. The van der Waals surface area contributed by atoms with E-state index in [1.54, 1.807) is 0 Å². The SMILES string of the molecule is Cc1cc2c(cc1NC(=O)CN(C)C)NC(=O)CC2c1ccccc1OC1CCCC1.O=CO. The molecule has 1 aliphatic carbocycles. The summed E-state index contributed by atoms with van der Waals surface area (Å²) in [4.78, 5) is 35.0. The summed E-state index contributed by atoms with van der Waals surface area (Å²) in [6, 6.07) is 12.0. The van der Waals surface area contributed by atoms with E-state index in [-0.39, 0.29) is 30.3 Å². The maximum atomic E-state index is 12.6. The molecule has 34 heavy (non-hydrogen) atoms. The van der Waals surface area contributed by atoms with Crippen LogP contribution in [0.25, 0.3) is 0 Å². The number of likely N-dealkylation sites (N-methyl/N-ethyl adjacent to an activating group) is 1. The molecule has 2 aliphatic rings. The molecule has 8 nitrogen and oxygen atoms in total. The summed E-state index contributed by atoms with van der Waals surface area (Å²) in [7, 11) is 3.71. The highest BCUT2D eigenvalue weighted by molar-refractivity contribution is 5.98. The van der Waals surface area contributed by atoms with E-state index in [0.717, 1.165) is 46.7 Å². The van der Waals surface area contributed by atoms with E-state index in [4.69, 9.17) is 14.6 Å². The molecule has 4 rings (SSSR count). The summed E-state index contributed by atoms with van der Waals surface area (Å²) < 4.78 is 6.36. The van der Waals surface area contributed by atoms with Gasteiger partial charge in [-0.15, -0.1) is 0 Å². The lowest BCUT2D eigenvalue weighted by Crippen LogP contribution is -2.28. The van der Waals surface area contributed by atoms with Crippen molar-refractivity contribution >= 4 is 29.7 Å². The van der Waals surface area contributed by atoms with Crippen LogP contribution in [0.2, 0.25) is 0 Å². The summed E-state index contributed by atoms with van der Waals surface area (Å²) in [6.45, 7) is 2.04. The number of aryl methyl sites for hydroxylation is 1. The summed E-state index contributed by atoms with van der Waals surface area (Å²) in [5.74, 6) is 0.692. The number of fused-ring (bicyclic) bond motifs is 1. The topological polar surface area (TPSA) is 108 Å². The molecule has 0 spiro atoms. The lowest BCUT2D eigenvalue weighted by Gasteiger charge is -2.29.